The summed E-state index contributed by atoms with van der Waals surface area (Å²) < 4.78 is 0. The minimum absolute atomic E-state index is 0.0172. The molecule has 0 spiro atoms. The Labute approximate surface area is 79.1 Å². The second-order valence-corrected chi connectivity index (χ2v) is 3.19. The van der Waals surface area contributed by atoms with Crippen LogP contribution in [0.2, 0.25) is 0 Å². The zero-order valence-electron chi connectivity index (χ0n) is 8.34. The van der Waals surface area contributed by atoms with E-state index in [4.69, 9.17) is 5.11 Å². The number of aliphatic hydroxyl groups is 1. The highest BCUT2D eigenvalue weighted by molar-refractivity contribution is 5.86. The Hall–Kier alpha value is -0.990. The van der Waals surface area contributed by atoms with E-state index in [2.05, 4.69) is 6.92 Å². The summed E-state index contributed by atoms with van der Waals surface area (Å²) in [7, 11) is 0. The molecule has 0 aliphatic rings. The van der Waals surface area contributed by atoms with Gasteiger partial charge in [-0.1, -0.05) is 26.2 Å². The van der Waals surface area contributed by atoms with E-state index in [-0.39, 0.29) is 11.3 Å². The van der Waals surface area contributed by atoms with E-state index in [1.54, 1.807) is 0 Å². The van der Waals surface area contributed by atoms with Crippen LogP contribution in [0.5, 0.6) is 0 Å². The Morgan fingerprint density at radius 3 is 2.23 bits per heavy atom. The van der Waals surface area contributed by atoms with Crippen LogP contribution in [0.25, 0.3) is 0 Å². The first-order valence-electron chi connectivity index (χ1n) is 4.71. The molecule has 0 aromatic carbocycles. The molecule has 0 rings (SSSR count). The van der Waals surface area contributed by atoms with Crippen LogP contribution in [0.4, 0.5) is 0 Å². The fraction of sp³-hybridized carbons (Fsp3) is 0.700. The predicted octanol–water partition coefficient (Wildman–Crippen LogP) is 2.87. The van der Waals surface area contributed by atoms with E-state index in [1.807, 2.05) is 0 Å². The van der Waals surface area contributed by atoms with E-state index in [0.29, 0.717) is 6.42 Å². The molecule has 0 atom stereocenters. The Bertz CT molecular complexity index is 194. The first kappa shape index (κ1) is 12.0. The average molecular weight is 186 g/mol. The lowest BCUT2D eigenvalue weighted by molar-refractivity contribution is -0.132. The molecule has 0 unspecified atom stereocenters. The maximum absolute atomic E-state index is 10.4. The summed E-state index contributed by atoms with van der Waals surface area (Å²) in [6.45, 7) is 3.54. The second-order valence-electron chi connectivity index (χ2n) is 3.19. The SMILES string of the molecule is CCCCCCC(O)=C(C)C(=O)O. The van der Waals surface area contributed by atoms with Gasteiger partial charge >= 0.3 is 5.97 Å². The van der Waals surface area contributed by atoms with Crippen molar-refractivity contribution in [3.63, 3.8) is 0 Å². The molecule has 2 N–H and O–H groups in total. The van der Waals surface area contributed by atoms with Gasteiger partial charge in [0.05, 0.1) is 5.57 Å². The second kappa shape index (κ2) is 6.52. The summed E-state index contributed by atoms with van der Waals surface area (Å²) >= 11 is 0. The summed E-state index contributed by atoms with van der Waals surface area (Å²) in [5.41, 5.74) is 0.0662. The molecule has 13 heavy (non-hydrogen) atoms. The molecule has 0 aromatic rings. The predicted molar refractivity (Wildman–Crippen MR) is 51.7 cm³/mol. The number of carboxylic acid groups (broad SMARTS) is 1. The maximum Gasteiger partial charge on any atom is 0.334 e. The van der Waals surface area contributed by atoms with Crippen molar-refractivity contribution < 1.29 is 15.0 Å². The van der Waals surface area contributed by atoms with Crippen molar-refractivity contribution in [1.82, 2.24) is 0 Å². The van der Waals surface area contributed by atoms with Gasteiger partial charge in [-0.15, -0.1) is 0 Å². The van der Waals surface area contributed by atoms with Gasteiger partial charge in [-0.3, -0.25) is 0 Å². The van der Waals surface area contributed by atoms with Gasteiger partial charge in [0.2, 0.25) is 0 Å². The van der Waals surface area contributed by atoms with Crippen LogP contribution in [0.15, 0.2) is 11.3 Å². The number of carbonyl (C=O) groups is 1. The van der Waals surface area contributed by atoms with Crippen molar-refractivity contribution in [1.29, 1.82) is 0 Å². The molecule has 3 nitrogen and oxygen atoms in total. The van der Waals surface area contributed by atoms with E-state index in [9.17, 15) is 9.90 Å². The number of hydrogen-bond donors (Lipinski definition) is 2. The number of rotatable bonds is 6. The monoisotopic (exact) mass is 186 g/mol. The normalized spacial score (nSPS) is 12.5. The molecular formula is C10H18O3. The molecule has 0 bridgehead atoms. The summed E-state index contributed by atoms with van der Waals surface area (Å²) in [6.07, 6.45) is 4.68. The van der Waals surface area contributed by atoms with E-state index in [1.165, 1.54) is 6.92 Å². The highest BCUT2D eigenvalue weighted by Crippen LogP contribution is 2.11. The maximum atomic E-state index is 10.4. The topological polar surface area (TPSA) is 57.5 Å². The fourth-order valence-corrected chi connectivity index (χ4v) is 1.03. The zero-order valence-corrected chi connectivity index (χ0v) is 8.34. The van der Waals surface area contributed by atoms with Gasteiger partial charge in [0.15, 0.2) is 0 Å². The van der Waals surface area contributed by atoms with Crippen molar-refractivity contribution in [2.24, 2.45) is 0 Å². The molecule has 0 fully saturated rings. The highest BCUT2D eigenvalue weighted by Gasteiger charge is 2.06. The fourth-order valence-electron chi connectivity index (χ4n) is 1.03. The molecule has 0 saturated carbocycles. The lowest BCUT2D eigenvalue weighted by Crippen LogP contribution is -2.00. The van der Waals surface area contributed by atoms with Gasteiger partial charge < -0.3 is 10.2 Å². The van der Waals surface area contributed by atoms with Crippen LogP contribution >= 0.6 is 0 Å². The third-order valence-electron chi connectivity index (χ3n) is 2.02. The summed E-state index contributed by atoms with van der Waals surface area (Å²) in [6, 6.07) is 0. The van der Waals surface area contributed by atoms with Crippen molar-refractivity contribution in [2.75, 3.05) is 0 Å². The van der Waals surface area contributed by atoms with E-state index in [0.717, 1.165) is 25.7 Å². The number of unbranched alkanes of at least 4 members (excludes halogenated alkanes) is 3. The number of carboxylic acids is 1. The van der Waals surface area contributed by atoms with Crippen LogP contribution in [-0.2, 0) is 4.79 Å². The molecular weight excluding hydrogens is 168 g/mol. The zero-order chi connectivity index (χ0) is 10.3. The van der Waals surface area contributed by atoms with E-state index >= 15 is 0 Å². The number of aliphatic carboxylic acids is 1. The minimum Gasteiger partial charge on any atom is -0.512 e. The van der Waals surface area contributed by atoms with Gasteiger partial charge in [0, 0.05) is 6.42 Å². The van der Waals surface area contributed by atoms with Crippen LogP contribution in [0, 0.1) is 0 Å². The molecule has 76 valence electrons. The van der Waals surface area contributed by atoms with Crippen LogP contribution in [-0.4, -0.2) is 16.2 Å². The first-order valence-corrected chi connectivity index (χ1v) is 4.71. The third-order valence-corrected chi connectivity index (χ3v) is 2.02. The van der Waals surface area contributed by atoms with Gasteiger partial charge in [0.1, 0.15) is 5.76 Å². The Balaban J connectivity index is 3.79. The van der Waals surface area contributed by atoms with Crippen molar-refractivity contribution in [3.05, 3.63) is 11.3 Å². The molecule has 3 heteroatoms. The summed E-state index contributed by atoms with van der Waals surface area (Å²) in [5, 5.41) is 17.8. The summed E-state index contributed by atoms with van der Waals surface area (Å²) in [4.78, 5) is 10.4. The molecule has 0 saturated heterocycles. The molecule has 0 aliphatic heterocycles. The Morgan fingerprint density at radius 1 is 1.15 bits per heavy atom. The lowest BCUT2D eigenvalue weighted by Gasteiger charge is -2.02. The Morgan fingerprint density at radius 2 is 1.77 bits per heavy atom. The molecule has 0 aromatic heterocycles. The van der Waals surface area contributed by atoms with Gasteiger partial charge in [-0.05, 0) is 13.3 Å². The van der Waals surface area contributed by atoms with Gasteiger partial charge in [0.25, 0.3) is 0 Å². The molecule has 0 heterocycles. The Kier molecular flexibility index (Phi) is 6.02. The average Bonchev–Trinajstić information content (AvgIpc) is 2.10. The van der Waals surface area contributed by atoms with Crippen molar-refractivity contribution in [3.8, 4) is 0 Å². The number of allylic oxidation sites excluding steroid dienone is 1. The number of hydrogen-bond acceptors (Lipinski definition) is 2. The standard InChI is InChI=1S/C10H18O3/c1-3-4-5-6-7-9(11)8(2)10(12)13/h11H,3-7H2,1-2H3,(H,12,13). The highest BCUT2D eigenvalue weighted by atomic mass is 16.4. The minimum atomic E-state index is -1.03. The largest absolute Gasteiger partial charge is 0.512 e. The molecule has 0 amide bonds. The van der Waals surface area contributed by atoms with E-state index < -0.39 is 5.97 Å². The van der Waals surface area contributed by atoms with Crippen molar-refractivity contribution >= 4 is 5.97 Å². The van der Waals surface area contributed by atoms with Gasteiger partial charge in [-0.25, -0.2) is 4.79 Å². The smallest absolute Gasteiger partial charge is 0.334 e. The van der Waals surface area contributed by atoms with Crippen LogP contribution in [0.3, 0.4) is 0 Å². The third kappa shape index (κ3) is 5.28. The van der Waals surface area contributed by atoms with Gasteiger partial charge in [-0.2, -0.15) is 0 Å². The lowest BCUT2D eigenvalue weighted by atomic mass is 10.1. The van der Waals surface area contributed by atoms with Crippen LogP contribution in [0.1, 0.15) is 46.0 Å². The molecule has 0 aliphatic carbocycles. The van der Waals surface area contributed by atoms with Crippen molar-refractivity contribution in [2.45, 2.75) is 46.0 Å². The summed E-state index contributed by atoms with van der Waals surface area (Å²) in [5.74, 6) is -1.02. The first-order chi connectivity index (χ1) is 6.09. The van der Waals surface area contributed by atoms with Crippen LogP contribution < -0.4 is 0 Å². The molecule has 0 radical (unpaired) electrons. The number of aliphatic hydroxyl groups excluding tert-OH is 1. The quantitative estimate of drug-likeness (QED) is 0.381.